The molecule has 0 spiro atoms. The van der Waals surface area contributed by atoms with Crippen LogP contribution in [-0.4, -0.2) is 12.9 Å². The quantitative estimate of drug-likeness (QED) is 0.628. The van der Waals surface area contributed by atoms with Gasteiger partial charge in [0.1, 0.15) is 5.75 Å². The molecule has 0 amide bonds. The van der Waals surface area contributed by atoms with Gasteiger partial charge in [0, 0.05) is 14.7 Å². The van der Waals surface area contributed by atoms with E-state index in [-0.39, 0.29) is 16.9 Å². The van der Waals surface area contributed by atoms with Crippen LogP contribution in [0.2, 0.25) is 0 Å². The number of halogens is 3. The fourth-order valence-electron chi connectivity index (χ4n) is 1.22. The van der Waals surface area contributed by atoms with Gasteiger partial charge in [0.15, 0.2) is 5.78 Å². The normalized spacial score (nSPS) is 10.5. The highest BCUT2D eigenvalue weighted by Crippen LogP contribution is 2.31. The minimum absolute atomic E-state index is 0.0220. The Hall–Kier alpha value is -0.720. The minimum Gasteiger partial charge on any atom is -0.497 e. The third kappa shape index (κ3) is 2.64. The van der Waals surface area contributed by atoms with Gasteiger partial charge < -0.3 is 4.74 Å². The molecule has 2 nitrogen and oxygen atoms in total. The van der Waals surface area contributed by atoms with E-state index >= 15 is 0 Å². The highest BCUT2D eigenvalue weighted by molar-refractivity contribution is 14.1. The van der Waals surface area contributed by atoms with E-state index in [1.54, 1.807) is 22.6 Å². The van der Waals surface area contributed by atoms with Crippen molar-refractivity contribution in [2.45, 2.75) is 13.3 Å². The second-order valence-electron chi connectivity index (χ2n) is 2.93. The number of ether oxygens (including phenoxy) is 1. The second-order valence-corrected chi connectivity index (χ2v) is 4.09. The van der Waals surface area contributed by atoms with Crippen molar-refractivity contribution in [1.82, 2.24) is 0 Å². The first-order valence-electron chi connectivity index (χ1n) is 4.14. The van der Waals surface area contributed by atoms with E-state index in [4.69, 9.17) is 4.74 Å². The van der Waals surface area contributed by atoms with Crippen LogP contribution in [0.25, 0.3) is 0 Å². The molecular weight excluding hydrogens is 317 g/mol. The Kier molecular flexibility index (Phi) is 4.01. The molecule has 0 saturated carbocycles. The van der Waals surface area contributed by atoms with Crippen LogP contribution >= 0.6 is 22.6 Å². The van der Waals surface area contributed by atoms with Crippen molar-refractivity contribution < 1.29 is 18.3 Å². The summed E-state index contributed by atoms with van der Waals surface area (Å²) < 4.78 is 30.6. The lowest BCUT2D eigenvalue weighted by Gasteiger charge is -2.10. The topological polar surface area (TPSA) is 26.3 Å². The monoisotopic (exact) mass is 326 g/mol. The molecule has 1 rings (SSSR count). The van der Waals surface area contributed by atoms with Crippen LogP contribution in [0, 0.1) is 3.57 Å². The number of carbonyl (C=O) groups is 1. The minimum atomic E-state index is -2.65. The largest absolute Gasteiger partial charge is 0.497 e. The second kappa shape index (κ2) is 4.87. The van der Waals surface area contributed by atoms with Crippen LogP contribution in [0.4, 0.5) is 8.78 Å². The van der Waals surface area contributed by atoms with E-state index in [0.29, 0.717) is 9.32 Å². The highest BCUT2D eigenvalue weighted by atomic mass is 127. The van der Waals surface area contributed by atoms with E-state index in [0.717, 1.165) is 0 Å². The van der Waals surface area contributed by atoms with Crippen molar-refractivity contribution in [3.05, 3.63) is 26.8 Å². The fraction of sp³-hybridized carbons (Fsp3) is 0.300. The van der Waals surface area contributed by atoms with E-state index in [9.17, 15) is 13.6 Å². The lowest BCUT2D eigenvalue weighted by atomic mass is 10.0. The standard InChI is InChI=1S/C10H9F2IO2/c1-5(14)7-3-6(15-2)4-8(13)9(7)10(11)12/h3-4,10H,1-2H3. The molecule has 82 valence electrons. The molecule has 0 radical (unpaired) electrons. The summed E-state index contributed by atoms with van der Waals surface area (Å²) in [4.78, 5) is 11.2. The average molecular weight is 326 g/mol. The number of rotatable bonds is 3. The maximum atomic E-state index is 12.7. The van der Waals surface area contributed by atoms with Crippen molar-refractivity contribution in [1.29, 1.82) is 0 Å². The van der Waals surface area contributed by atoms with Crippen molar-refractivity contribution in [3.8, 4) is 5.75 Å². The number of alkyl halides is 2. The molecule has 0 N–H and O–H groups in total. The van der Waals surface area contributed by atoms with Gasteiger partial charge >= 0.3 is 0 Å². The first-order chi connectivity index (χ1) is 6.97. The van der Waals surface area contributed by atoms with E-state index in [1.165, 1.54) is 26.2 Å². The third-order valence-electron chi connectivity index (χ3n) is 1.94. The maximum Gasteiger partial charge on any atom is 0.265 e. The zero-order valence-corrected chi connectivity index (χ0v) is 10.3. The summed E-state index contributed by atoms with van der Waals surface area (Å²) in [6.45, 7) is 1.26. The molecule has 15 heavy (non-hydrogen) atoms. The van der Waals surface area contributed by atoms with Crippen LogP contribution in [0.5, 0.6) is 5.75 Å². The van der Waals surface area contributed by atoms with Gasteiger partial charge in [0.05, 0.1) is 7.11 Å². The first kappa shape index (κ1) is 12.4. The van der Waals surface area contributed by atoms with E-state index in [1.807, 2.05) is 0 Å². The molecule has 0 unspecified atom stereocenters. The predicted molar refractivity (Wildman–Crippen MR) is 60.7 cm³/mol. The number of carbonyl (C=O) groups excluding carboxylic acids is 1. The lowest BCUT2D eigenvalue weighted by molar-refractivity contribution is 0.0998. The van der Waals surface area contributed by atoms with E-state index < -0.39 is 6.43 Å². The Bertz CT molecular complexity index is 391. The number of methoxy groups -OCH3 is 1. The molecule has 0 aliphatic carbocycles. The van der Waals surface area contributed by atoms with Crippen LogP contribution in [0.1, 0.15) is 29.3 Å². The Balaban J connectivity index is 3.42. The van der Waals surface area contributed by atoms with Gasteiger partial charge in [0.2, 0.25) is 0 Å². The van der Waals surface area contributed by atoms with Crippen LogP contribution < -0.4 is 4.74 Å². The summed E-state index contributed by atoms with van der Waals surface area (Å²) in [6, 6.07) is 2.82. The van der Waals surface area contributed by atoms with Crippen LogP contribution in [0.3, 0.4) is 0 Å². The van der Waals surface area contributed by atoms with Gasteiger partial charge in [0.25, 0.3) is 6.43 Å². The lowest BCUT2D eigenvalue weighted by Crippen LogP contribution is -2.03. The van der Waals surface area contributed by atoms with Crippen molar-refractivity contribution in [2.24, 2.45) is 0 Å². The van der Waals surface area contributed by atoms with Crippen molar-refractivity contribution in [2.75, 3.05) is 7.11 Å². The summed E-state index contributed by atoms with van der Waals surface area (Å²) in [5.41, 5.74) is -0.197. The maximum absolute atomic E-state index is 12.7. The van der Waals surface area contributed by atoms with Gasteiger partial charge in [-0.15, -0.1) is 0 Å². The van der Waals surface area contributed by atoms with Crippen molar-refractivity contribution >= 4 is 28.4 Å². The fourth-order valence-corrected chi connectivity index (χ4v) is 2.06. The molecule has 0 aliphatic rings. The number of hydrogen-bond donors (Lipinski definition) is 0. The Morgan fingerprint density at radius 3 is 2.47 bits per heavy atom. The Labute approximate surface area is 99.8 Å². The third-order valence-corrected chi connectivity index (χ3v) is 2.83. The summed E-state index contributed by atoms with van der Waals surface area (Å²) >= 11 is 1.77. The average Bonchev–Trinajstić information content (AvgIpc) is 2.15. The van der Waals surface area contributed by atoms with Crippen LogP contribution in [0.15, 0.2) is 12.1 Å². The molecule has 0 aromatic heterocycles. The summed E-state index contributed by atoms with van der Waals surface area (Å²) in [5.74, 6) is 0.0242. The molecule has 0 heterocycles. The first-order valence-corrected chi connectivity index (χ1v) is 5.21. The molecular formula is C10H9F2IO2. The summed E-state index contributed by atoms with van der Waals surface area (Å²) in [7, 11) is 1.43. The molecule has 0 fully saturated rings. The van der Waals surface area contributed by atoms with Gasteiger partial charge in [-0.2, -0.15) is 0 Å². The molecule has 5 heteroatoms. The van der Waals surface area contributed by atoms with Gasteiger partial charge in [-0.25, -0.2) is 8.78 Å². The highest BCUT2D eigenvalue weighted by Gasteiger charge is 2.20. The molecule has 0 bridgehead atoms. The molecule has 0 atom stereocenters. The van der Waals surface area contributed by atoms with Crippen molar-refractivity contribution in [3.63, 3.8) is 0 Å². The van der Waals surface area contributed by atoms with E-state index in [2.05, 4.69) is 0 Å². The Morgan fingerprint density at radius 1 is 1.47 bits per heavy atom. The Morgan fingerprint density at radius 2 is 2.07 bits per heavy atom. The van der Waals surface area contributed by atoms with Crippen LogP contribution in [-0.2, 0) is 0 Å². The molecule has 0 saturated heterocycles. The number of benzene rings is 1. The number of hydrogen-bond acceptors (Lipinski definition) is 2. The zero-order chi connectivity index (χ0) is 11.6. The molecule has 0 aliphatic heterocycles. The van der Waals surface area contributed by atoms with Gasteiger partial charge in [-0.1, -0.05) is 0 Å². The van der Waals surface area contributed by atoms with Gasteiger partial charge in [-0.3, -0.25) is 4.79 Å². The smallest absolute Gasteiger partial charge is 0.265 e. The predicted octanol–water partition coefficient (Wildman–Crippen LogP) is 3.44. The zero-order valence-electron chi connectivity index (χ0n) is 8.18. The summed E-state index contributed by atoms with van der Waals surface area (Å²) in [5, 5.41) is 0. The van der Waals surface area contributed by atoms with Gasteiger partial charge in [-0.05, 0) is 41.6 Å². The SMILES string of the molecule is COc1cc(I)c(C(F)F)c(C(C)=O)c1. The summed E-state index contributed by atoms with van der Waals surface area (Å²) in [6.07, 6.45) is -2.65. The molecule has 1 aromatic carbocycles. The number of Topliss-reactive ketones (excluding diaryl/α,β-unsaturated/α-hetero) is 1. The number of ketones is 1. The molecule has 1 aromatic rings.